The molecule has 0 radical (unpaired) electrons. The maximum absolute atomic E-state index is 13.2. The van der Waals surface area contributed by atoms with Crippen molar-refractivity contribution >= 4 is 11.8 Å². The third kappa shape index (κ3) is 5.21. The van der Waals surface area contributed by atoms with Crippen LogP contribution in [-0.4, -0.2) is 80.2 Å². The molecule has 1 aromatic carbocycles. The van der Waals surface area contributed by atoms with Crippen molar-refractivity contribution in [2.24, 2.45) is 5.92 Å². The minimum atomic E-state index is -0.960. The largest absolute Gasteiger partial charge is 0.491 e. The Bertz CT molecular complexity index is 778. The highest BCUT2D eigenvalue weighted by Gasteiger charge is 2.45. The predicted octanol–water partition coefficient (Wildman–Crippen LogP) is 1.85. The number of benzene rings is 1. The summed E-state index contributed by atoms with van der Waals surface area (Å²) in [5.41, 5.74) is 0.241. The maximum Gasteiger partial charge on any atom is 0.254 e. The van der Waals surface area contributed by atoms with Gasteiger partial charge in [-0.2, -0.15) is 0 Å². The molecule has 0 saturated carbocycles. The van der Waals surface area contributed by atoms with E-state index in [-0.39, 0.29) is 17.7 Å². The highest BCUT2D eigenvalue weighted by Crippen LogP contribution is 2.29. The SMILES string of the molecule is CN1CCC(C(=O)N2CCOC3(CCCCc4ccccc4OCCNC3=O)C2)CC1. The Morgan fingerprint density at radius 1 is 1.13 bits per heavy atom. The van der Waals surface area contributed by atoms with E-state index in [9.17, 15) is 9.59 Å². The number of fused-ring (bicyclic) bond motifs is 1. The van der Waals surface area contributed by atoms with Crippen LogP contribution in [0.2, 0.25) is 0 Å². The van der Waals surface area contributed by atoms with Crippen LogP contribution in [0.1, 0.15) is 37.7 Å². The average molecular weight is 430 g/mol. The normalized spacial score (nSPS) is 26.9. The molecule has 2 amide bonds. The first kappa shape index (κ1) is 22.1. The van der Waals surface area contributed by atoms with Gasteiger partial charge in [0.15, 0.2) is 5.60 Å². The standard InChI is InChI=1S/C24H35N3O4/c1-26-13-9-20(10-14-26)22(28)27-15-17-31-24(18-27)11-5-4-7-19-6-2-3-8-21(19)30-16-12-25-23(24)29/h2-3,6,8,20H,4-5,7,9-18H2,1H3,(H,25,29). The number of amides is 2. The quantitative estimate of drug-likeness (QED) is 0.738. The third-order valence-electron chi connectivity index (χ3n) is 6.87. The van der Waals surface area contributed by atoms with Crippen molar-refractivity contribution in [3.8, 4) is 5.75 Å². The Kier molecular flexibility index (Phi) is 7.13. The summed E-state index contributed by atoms with van der Waals surface area (Å²) in [7, 11) is 2.10. The van der Waals surface area contributed by atoms with Crippen LogP contribution in [-0.2, 0) is 20.7 Å². The second-order valence-corrected chi connectivity index (χ2v) is 9.10. The lowest BCUT2D eigenvalue weighted by atomic mass is 9.90. The smallest absolute Gasteiger partial charge is 0.254 e. The van der Waals surface area contributed by atoms with Gasteiger partial charge in [0.05, 0.1) is 19.7 Å². The van der Waals surface area contributed by atoms with E-state index in [4.69, 9.17) is 9.47 Å². The van der Waals surface area contributed by atoms with Gasteiger partial charge in [0.1, 0.15) is 12.4 Å². The fourth-order valence-corrected chi connectivity index (χ4v) is 4.95. The van der Waals surface area contributed by atoms with E-state index in [1.54, 1.807) is 0 Å². The Hall–Kier alpha value is -2.12. The molecular formula is C24H35N3O4. The number of para-hydroxylation sites is 1. The zero-order valence-corrected chi connectivity index (χ0v) is 18.6. The molecule has 1 aromatic rings. The monoisotopic (exact) mass is 429 g/mol. The summed E-state index contributed by atoms with van der Waals surface area (Å²) < 4.78 is 12.0. The summed E-state index contributed by atoms with van der Waals surface area (Å²) in [6.45, 7) is 4.06. The molecule has 0 bridgehead atoms. The number of ether oxygens (including phenoxy) is 2. The van der Waals surface area contributed by atoms with Crippen LogP contribution in [0.5, 0.6) is 5.75 Å². The van der Waals surface area contributed by atoms with E-state index in [0.717, 1.165) is 50.9 Å². The Labute approximate surface area is 185 Å². The average Bonchev–Trinajstić information content (AvgIpc) is 2.79. The van der Waals surface area contributed by atoms with Crippen LogP contribution in [0.25, 0.3) is 0 Å². The molecule has 1 unspecified atom stereocenters. The first-order valence-electron chi connectivity index (χ1n) is 11.7. The van der Waals surface area contributed by atoms with Crippen molar-refractivity contribution in [1.29, 1.82) is 0 Å². The number of hydrogen-bond donors (Lipinski definition) is 1. The molecule has 3 aliphatic heterocycles. The zero-order chi connectivity index (χ0) is 21.7. The maximum atomic E-state index is 13.2. The first-order valence-corrected chi connectivity index (χ1v) is 11.7. The van der Waals surface area contributed by atoms with Crippen LogP contribution >= 0.6 is 0 Å². The van der Waals surface area contributed by atoms with E-state index in [1.165, 1.54) is 5.56 Å². The van der Waals surface area contributed by atoms with Gasteiger partial charge in [-0.3, -0.25) is 9.59 Å². The molecule has 31 heavy (non-hydrogen) atoms. The second kappa shape index (κ2) is 10.0. The molecule has 3 heterocycles. The molecular weight excluding hydrogens is 394 g/mol. The van der Waals surface area contributed by atoms with Gasteiger partial charge in [-0.05, 0) is 70.3 Å². The number of carbonyl (C=O) groups is 2. The number of hydrogen-bond acceptors (Lipinski definition) is 5. The van der Waals surface area contributed by atoms with E-state index >= 15 is 0 Å². The fourth-order valence-electron chi connectivity index (χ4n) is 4.95. The number of carbonyl (C=O) groups excluding carboxylic acids is 2. The van der Waals surface area contributed by atoms with Gasteiger partial charge in [-0.25, -0.2) is 0 Å². The van der Waals surface area contributed by atoms with Gasteiger partial charge in [0, 0.05) is 12.5 Å². The molecule has 1 atom stereocenters. The topological polar surface area (TPSA) is 71.1 Å². The number of likely N-dealkylation sites (tertiary alicyclic amines) is 1. The lowest BCUT2D eigenvalue weighted by Crippen LogP contribution is -2.62. The predicted molar refractivity (Wildman–Crippen MR) is 118 cm³/mol. The molecule has 170 valence electrons. The minimum Gasteiger partial charge on any atom is -0.491 e. The summed E-state index contributed by atoms with van der Waals surface area (Å²) in [6.07, 6.45) is 5.12. The Morgan fingerprint density at radius 2 is 1.94 bits per heavy atom. The third-order valence-corrected chi connectivity index (χ3v) is 6.87. The molecule has 0 aliphatic carbocycles. The summed E-state index contributed by atoms with van der Waals surface area (Å²) in [6, 6.07) is 8.11. The lowest BCUT2D eigenvalue weighted by molar-refractivity contribution is -0.170. The minimum absolute atomic E-state index is 0.0607. The fraction of sp³-hybridized carbons (Fsp3) is 0.667. The van der Waals surface area contributed by atoms with Crippen molar-refractivity contribution in [3.63, 3.8) is 0 Å². The van der Waals surface area contributed by atoms with Crippen molar-refractivity contribution in [2.45, 2.75) is 44.1 Å². The zero-order valence-electron chi connectivity index (χ0n) is 18.6. The molecule has 7 heteroatoms. The molecule has 2 saturated heterocycles. The van der Waals surface area contributed by atoms with Crippen LogP contribution in [0.15, 0.2) is 24.3 Å². The van der Waals surface area contributed by atoms with Crippen molar-refractivity contribution in [2.75, 3.05) is 53.0 Å². The van der Waals surface area contributed by atoms with E-state index in [2.05, 4.69) is 23.3 Å². The van der Waals surface area contributed by atoms with Gasteiger partial charge in [-0.15, -0.1) is 0 Å². The van der Waals surface area contributed by atoms with Crippen LogP contribution in [0.3, 0.4) is 0 Å². The van der Waals surface area contributed by atoms with Crippen molar-refractivity contribution in [1.82, 2.24) is 15.1 Å². The van der Waals surface area contributed by atoms with Gasteiger partial charge < -0.3 is 24.6 Å². The van der Waals surface area contributed by atoms with Crippen LogP contribution in [0.4, 0.5) is 0 Å². The Morgan fingerprint density at radius 3 is 2.77 bits per heavy atom. The van der Waals surface area contributed by atoms with Gasteiger partial charge >= 0.3 is 0 Å². The number of aryl methyl sites for hydroxylation is 1. The van der Waals surface area contributed by atoms with Gasteiger partial charge in [0.25, 0.3) is 5.91 Å². The number of rotatable bonds is 1. The first-order chi connectivity index (χ1) is 15.1. The summed E-state index contributed by atoms with van der Waals surface area (Å²) in [4.78, 5) is 30.6. The summed E-state index contributed by atoms with van der Waals surface area (Å²) >= 11 is 0. The highest BCUT2D eigenvalue weighted by molar-refractivity contribution is 5.87. The number of piperidine rings is 1. The molecule has 7 nitrogen and oxygen atoms in total. The van der Waals surface area contributed by atoms with Crippen LogP contribution in [0, 0.1) is 5.92 Å². The highest BCUT2D eigenvalue weighted by atomic mass is 16.5. The van der Waals surface area contributed by atoms with Gasteiger partial charge in [-0.1, -0.05) is 18.2 Å². The summed E-state index contributed by atoms with van der Waals surface area (Å²) in [5, 5.41) is 3.00. The second-order valence-electron chi connectivity index (χ2n) is 9.10. The van der Waals surface area contributed by atoms with Crippen molar-refractivity contribution in [3.05, 3.63) is 29.8 Å². The van der Waals surface area contributed by atoms with E-state index in [0.29, 0.717) is 39.3 Å². The summed E-state index contributed by atoms with van der Waals surface area (Å²) in [5.74, 6) is 1.03. The molecule has 1 N–H and O–H groups in total. The molecule has 4 rings (SSSR count). The molecule has 3 aliphatic rings. The lowest BCUT2D eigenvalue weighted by Gasteiger charge is -2.43. The van der Waals surface area contributed by atoms with E-state index in [1.807, 2.05) is 23.1 Å². The number of nitrogens with zero attached hydrogens (tertiary/aromatic N) is 2. The van der Waals surface area contributed by atoms with Crippen LogP contribution < -0.4 is 10.1 Å². The number of nitrogens with one attached hydrogen (secondary N) is 1. The number of morpholine rings is 1. The van der Waals surface area contributed by atoms with E-state index < -0.39 is 5.60 Å². The Balaban J connectivity index is 1.44. The molecule has 2 fully saturated rings. The molecule has 1 spiro atoms. The van der Waals surface area contributed by atoms with Gasteiger partial charge in [0.2, 0.25) is 5.91 Å². The van der Waals surface area contributed by atoms with Crippen molar-refractivity contribution < 1.29 is 19.1 Å². The molecule has 0 aromatic heterocycles.